The van der Waals surface area contributed by atoms with Crippen molar-refractivity contribution in [3.63, 3.8) is 0 Å². The smallest absolute Gasteiger partial charge is 0.145 e. The number of piperidine rings is 1. The number of nitrogens with zero attached hydrogens (tertiary/aromatic N) is 3. The Hall–Kier alpha value is -2.14. The second-order valence-electron chi connectivity index (χ2n) is 9.90. The Kier molecular flexibility index (Phi) is 6.23. The van der Waals surface area contributed by atoms with Crippen LogP contribution in [0.1, 0.15) is 40.5 Å². The first kappa shape index (κ1) is 23.0. The van der Waals surface area contributed by atoms with Gasteiger partial charge in [-0.15, -0.1) is 0 Å². The Labute approximate surface area is 201 Å². The number of hydrogen-bond acceptors (Lipinski definition) is 4. The molecule has 4 rings (SSSR count). The zero-order chi connectivity index (χ0) is 23.1. The van der Waals surface area contributed by atoms with Gasteiger partial charge in [-0.2, -0.15) is 0 Å². The van der Waals surface area contributed by atoms with Crippen LogP contribution in [-0.2, 0) is 0 Å². The fraction of sp³-hybridized carbons (Fsp3) is 0.385. The van der Waals surface area contributed by atoms with Crippen molar-refractivity contribution in [1.29, 1.82) is 0 Å². The predicted octanol–water partition coefficient (Wildman–Crippen LogP) is 7.18. The lowest BCUT2D eigenvalue weighted by molar-refractivity contribution is -0.00772. The molecule has 1 saturated heterocycles. The molecule has 0 atom stereocenters. The first-order valence-electron chi connectivity index (χ1n) is 10.9. The van der Waals surface area contributed by atoms with E-state index >= 15 is 0 Å². The summed E-state index contributed by atoms with van der Waals surface area (Å²) in [5.74, 6) is 0.786. The second-order valence-corrected chi connectivity index (χ2v) is 10.8. The average molecular weight is 469 g/mol. The highest BCUT2D eigenvalue weighted by Crippen LogP contribution is 2.38. The summed E-state index contributed by atoms with van der Waals surface area (Å²) in [6.07, 6.45) is 3.90. The topological polar surface area (TPSA) is 41.0 Å². The van der Waals surface area contributed by atoms with Crippen LogP contribution in [-0.4, -0.2) is 39.0 Å². The lowest BCUT2D eigenvalue weighted by atomic mass is 9.77. The minimum Gasteiger partial charge on any atom is -0.366 e. The van der Waals surface area contributed by atoms with Crippen LogP contribution in [0.2, 0.25) is 10.0 Å². The van der Waals surface area contributed by atoms with Crippen molar-refractivity contribution in [2.45, 2.75) is 57.7 Å². The maximum absolute atomic E-state index is 6.13. The highest BCUT2D eigenvalue weighted by molar-refractivity contribution is 6.31. The largest absolute Gasteiger partial charge is 0.366 e. The molecule has 1 fully saturated rings. The molecule has 0 bridgehead atoms. The van der Waals surface area contributed by atoms with Gasteiger partial charge in [0.2, 0.25) is 0 Å². The number of anilines is 1. The van der Waals surface area contributed by atoms with Crippen LogP contribution in [0.15, 0.2) is 54.7 Å². The van der Waals surface area contributed by atoms with Gasteiger partial charge in [-0.1, -0.05) is 47.5 Å². The molecule has 1 aromatic heterocycles. The van der Waals surface area contributed by atoms with Gasteiger partial charge in [0.15, 0.2) is 0 Å². The number of likely N-dealkylation sites (tertiary alicyclic amines) is 1. The van der Waals surface area contributed by atoms with Gasteiger partial charge in [-0.3, -0.25) is 9.88 Å². The molecule has 0 saturated carbocycles. The summed E-state index contributed by atoms with van der Waals surface area (Å²) in [4.78, 5) is 12.3. The van der Waals surface area contributed by atoms with Crippen molar-refractivity contribution in [1.82, 2.24) is 14.9 Å². The van der Waals surface area contributed by atoms with Crippen LogP contribution in [0.25, 0.3) is 22.5 Å². The second kappa shape index (κ2) is 8.66. The zero-order valence-electron chi connectivity index (χ0n) is 19.3. The van der Waals surface area contributed by atoms with Crippen LogP contribution in [0, 0.1) is 0 Å². The van der Waals surface area contributed by atoms with Gasteiger partial charge >= 0.3 is 0 Å². The van der Waals surface area contributed by atoms with Gasteiger partial charge in [-0.25, -0.2) is 4.98 Å². The van der Waals surface area contributed by atoms with E-state index in [0.717, 1.165) is 41.2 Å². The third kappa shape index (κ3) is 4.78. The van der Waals surface area contributed by atoms with Crippen LogP contribution in [0.4, 0.5) is 5.82 Å². The molecule has 0 aliphatic carbocycles. The van der Waals surface area contributed by atoms with E-state index in [9.17, 15) is 0 Å². The first-order valence-corrected chi connectivity index (χ1v) is 11.7. The summed E-state index contributed by atoms with van der Waals surface area (Å²) in [7, 11) is 2.22. The number of nitrogens with one attached hydrogen (secondary N) is 1. The Bertz CT molecular complexity index is 1070. The van der Waals surface area contributed by atoms with Gasteiger partial charge in [0.1, 0.15) is 5.82 Å². The van der Waals surface area contributed by atoms with Crippen molar-refractivity contribution >= 4 is 29.0 Å². The fourth-order valence-corrected chi connectivity index (χ4v) is 5.02. The minimum absolute atomic E-state index is 0.0924. The van der Waals surface area contributed by atoms with Crippen LogP contribution < -0.4 is 5.32 Å². The highest BCUT2D eigenvalue weighted by Gasteiger charge is 2.43. The molecule has 0 amide bonds. The Morgan fingerprint density at radius 1 is 0.812 bits per heavy atom. The number of aromatic nitrogens is 2. The van der Waals surface area contributed by atoms with Crippen molar-refractivity contribution in [2.24, 2.45) is 0 Å². The minimum atomic E-state index is 0.0924. The number of hydrogen-bond donors (Lipinski definition) is 1. The van der Waals surface area contributed by atoms with Crippen LogP contribution in [0.3, 0.4) is 0 Å². The predicted molar refractivity (Wildman–Crippen MR) is 135 cm³/mol. The van der Waals surface area contributed by atoms with E-state index in [1.807, 2.05) is 54.7 Å². The van der Waals surface area contributed by atoms with E-state index in [-0.39, 0.29) is 11.1 Å². The van der Waals surface area contributed by atoms with Crippen LogP contribution in [0.5, 0.6) is 0 Å². The molecular formula is C26H30Cl2N4. The maximum atomic E-state index is 6.13. The quantitative estimate of drug-likeness (QED) is 0.439. The maximum Gasteiger partial charge on any atom is 0.145 e. The normalized spacial score (nSPS) is 18.5. The van der Waals surface area contributed by atoms with E-state index < -0.39 is 0 Å². The van der Waals surface area contributed by atoms with Gasteiger partial charge in [-0.05, 0) is 71.8 Å². The monoisotopic (exact) mass is 468 g/mol. The molecule has 1 aliphatic rings. The lowest BCUT2D eigenvalue weighted by Gasteiger charge is -2.53. The SMILES string of the molecule is CN1C(C)(C)CC(Nc2cnc(-c3ccc(Cl)cc3)c(-c3ccc(Cl)cc3)n2)CC1(C)C. The van der Waals surface area contributed by atoms with Crippen LogP contribution >= 0.6 is 23.2 Å². The summed E-state index contributed by atoms with van der Waals surface area (Å²) in [6, 6.07) is 15.7. The first-order chi connectivity index (χ1) is 15.0. The van der Waals surface area contributed by atoms with Gasteiger partial charge < -0.3 is 5.32 Å². The molecule has 32 heavy (non-hydrogen) atoms. The molecular weight excluding hydrogens is 439 g/mol. The Morgan fingerprint density at radius 2 is 1.28 bits per heavy atom. The lowest BCUT2D eigenvalue weighted by Crippen LogP contribution is -2.61. The molecule has 168 valence electrons. The summed E-state index contributed by atoms with van der Waals surface area (Å²) < 4.78 is 0. The summed E-state index contributed by atoms with van der Waals surface area (Å²) in [5.41, 5.74) is 3.77. The summed E-state index contributed by atoms with van der Waals surface area (Å²) >= 11 is 12.2. The molecule has 0 spiro atoms. The zero-order valence-corrected chi connectivity index (χ0v) is 20.8. The number of benzene rings is 2. The van der Waals surface area contributed by atoms with Crippen molar-refractivity contribution < 1.29 is 0 Å². The molecule has 1 N–H and O–H groups in total. The molecule has 2 aromatic carbocycles. The van der Waals surface area contributed by atoms with E-state index in [4.69, 9.17) is 33.2 Å². The summed E-state index contributed by atoms with van der Waals surface area (Å²) in [5, 5.41) is 5.06. The molecule has 0 unspecified atom stereocenters. The van der Waals surface area contributed by atoms with E-state index in [1.165, 1.54) is 0 Å². The molecule has 1 aliphatic heterocycles. The van der Waals surface area contributed by atoms with E-state index in [2.05, 4.69) is 45.0 Å². The molecule has 4 nitrogen and oxygen atoms in total. The molecule has 2 heterocycles. The Morgan fingerprint density at radius 3 is 1.78 bits per heavy atom. The van der Waals surface area contributed by atoms with Crippen molar-refractivity contribution in [3.8, 4) is 22.5 Å². The van der Waals surface area contributed by atoms with Gasteiger partial charge in [0, 0.05) is 38.3 Å². The van der Waals surface area contributed by atoms with Crippen molar-refractivity contribution in [3.05, 3.63) is 64.8 Å². The van der Waals surface area contributed by atoms with Gasteiger partial charge in [0.05, 0.1) is 17.6 Å². The summed E-state index contributed by atoms with van der Waals surface area (Å²) in [6.45, 7) is 9.21. The van der Waals surface area contributed by atoms with E-state index in [0.29, 0.717) is 16.1 Å². The number of rotatable bonds is 4. The number of halogens is 2. The molecule has 0 radical (unpaired) electrons. The standard InChI is InChI=1S/C26H30Cl2N4/c1-25(2)14-21(15-26(3,4)32(25)5)30-22-16-29-23(17-6-10-19(27)11-7-17)24(31-22)18-8-12-20(28)13-9-18/h6-13,16,21H,14-15H2,1-5H3,(H,30,31). The fourth-order valence-electron chi connectivity index (χ4n) is 4.77. The third-order valence-electron chi connectivity index (χ3n) is 6.67. The van der Waals surface area contributed by atoms with Crippen molar-refractivity contribution in [2.75, 3.05) is 12.4 Å². The molecule has 6 heteroatoms. The highest BCUT2D eigenvalue weighted by atomic mass is 35.5. The van der Waals surface area contributed by atoms with E-state index in [1.54, 1.807) is 0 Å². The third-order valence-corrected chi connectivity index (χ3v) is 7.17. The molecule has 3 aromatic rings. The average Bonchev–Trinajstić information content (AvgIpc) is 2.73. The van der Waals surface area contributed by atoms with Gasteiger partial charge in [0.25, 0.3) is 0 Å². The Balaban J connectivity index is 1.71.